The van der Waals surface area contributed by atoms with E-state index in [1.165, 1.54) is 38.5 Å². The summed E-state index contributed by atoms with van der Waals surface area (Å²) in [5, 5.41) is 0. The molecule has 108 valence electrons. The molecule has 0 aromatic rings. The van der Waals surface area contributed by atoms with Gasteiger partial charge in [0.15, 0.2) is 0 Å². The Bertz CT molecular complexity index is 202. The first-order chi connectivity index (χ1) is 8.79. The van der Waals surface area contributed by atoms with Crippen LogP contribution in [0.5, 0.6) is 0 Å². The molecule has 1 rings (SSSR count). The summed E-state index contributed by atoms with van der Waals surface area (Å²) in [6, 6.07) is 1.14. The average Bonchev–Trinajstić information content (AvgIpc) is 2.40. The highest BCUT2D eigenvalue weighted by molar-refractivity contribution is 6.69. The van der Waals surface area contributed by atoms with Crippen LogP contribution in [0.15, 0.2) is 0 Å². The van der Waals surface area contributed by atoms with E-state index in [1.54, 1.807) is 0 Å². The Morgan fingerprint density at radius 3 is 2.11 bits per heavy atom. The standard InChI is InChI=1S/C14H31NO2Si/c1-3-16-18(17-4-2,13-9-8-12-15)14-10-6-5-7-11-14/h14H,3-13,15H2,1-2H3. The van der Waals surface area contributed by atoms with Gasteiger partial charge in [0.2, 0.25) is 0 Å². The molecule has 0 aromatic heterocycles. The molecule has 18 heavy (non-hydrogen) atoms. The molecule has 0 amide bonds. The van der Waals surface area contributed by atoms with Crippen molar-refractivity contribution < 1.29 is 8.85 Å². The van der Waals surface area contributed by atoms with Gasteiger partial charge in [-0.1, -0.05) is 25.7 Å². The Hall–Kier alpha value is 0.0969. The fourth-order valence-corrected chi connectivity index (χ4v) is 7.43. The Morgan fingerprint density at radius 2 is 1.61 bits per heavy atom. The van der Waals surface area contributed by atoms with Crippen molar-refractivity contribution in [3.05, 3.63) is 0 Å². The van der Waals surface area contributed by atoms with Crippen molar-refractivity contribution in [2.75, 3.05) is 19.8 Å². The van der Waals surface area contributed by atoms with Crippen LogP contribution in [0.4, 0.5) is 0 Å². The minimum atomic E-state index is -1.99. The maximum absolute atomic E-state index is 6.23. The van der Waals surface area contributed by atoms with Crippen LogP contribution in [-0.2, 0) is 8.85 Å². The van der Waals surface area contributed by atoms with E-state index < -0.39 is 8.56 Å². The number of nitrogens with two attached hydrogens (primary N) is 1. The van der Waals surface area contributed by atoms with Crippen molar-refractivity contribution in [3.63, 3.8) is 0 Å². The second-order valence-electron chi connectivity index (χ2n) is 5.26. The molecule has 0 heterocycles. The first kappa shape index (κ1) is 16.2. The lowest BCUT2D eigenvalue weighted by atomic mass is 10.0. The highest BCUT2D eigenvalue weighted by Gasteiger charge is 2.45. The fourth-order valence-electron chi connectivity index (χ4n) is 3.17. The van der Waals surface area contributed by atoms with Gasteiger partial charge in [-0.05, 0) is 45.7 Å². The lowest BCUT2D eigenvalue weighted by Gasteiger charge is -2.39. The predicted molar refractivity (Wildman–Crippen MR) is 78.9 cm³/mol. The van der Waals surface area contributed by atoms with Crippen molar-refractivity contribution in [2.45, 2.75) is 70.4 Å². The second kappa shape index (κ2) is 9.07. The molecule has 1 aliphatic rings. The molecule has 3 nitrogen and oxygen atoms in total. The zero-order chi connectivity index (χ0) is 13.3. The number of hydrogen-bond donors (Lipinski definition) is 1. The first-order valence-electron chi connectivity index (χ1n) is 7.77. The number of rotatable bonds is 9. The third kappa shape index (κ3) is 4.65. The maximum atomic E-state index is 6.23. The Kier molecular flexibility index (Phi) is 8.14. The van der Waals surface area contributed by atoms with Gasteiger partial charge in [0.05, 0.1) is 0 Å². The van der Waals surface area contributed by atoms with Gasteiger partial charge < -0.3 is 14.6 Å². The highest BCUT2D eigenvalue weighted by atomic mass is 28.4. The van der Waals surface area contributed by atoms with E-state index in [-0.39, 0.29) is 0 Å². The van der Waals surface area contributed by atoms with Gasteiger partial charge in [0.1, 0.15) is 0 Å². The third-order valence-electron chi connectivity index (χ3n) is 3.98. The minimum Gasteiger partial charge on any atom is -0.394 e. The monoisotopic (exact) mass is 273 g/mol. The van der Waals surface area contributed by atoms with Crippen molar-refractivity contribution >= 4 is 8.56 Å². The molecule has 1 saturated carbocycles. The molecule has 1 fully saturated rings. The summed E-state index contributed by atoms with van der Waals surface area (Å²) in [5.41, 5.74) is 6.33. The van der Waals surface area contributed by atoms with Crippen molar-refractivity contribution in [1.29, 1.82) is 0 Å². The predicted octanol–water partition coefficient (Wildman–Crippen LogP) is 3.57. The van der Waals surface area contributed by atoms with E-state index in [0.717, 1.165) is 32.2 Å². The molecule has 0 aromatic carbocycles. The summed E-state index contributed by atoms with van der Waals surface area (Å²) in [6.45, 7) is 6.59. The van der Waals surface area contributed by atoms with Crippen LogP contribution in [0.25, 0.3) is 0 Å². The Balaban J connectivity index is 2.66. The molecule has 0 unspecified atom stereocenters. The lowest BCUT2D eigenvalue weighted by Crippen LogP contribution is -2.47. The van der Waals surface area contributed by atoms with Crippen molar-refractivity contribution in [3.8, 4) is 0 Å². The number of unbranched alkanes of at least 4 members (excludes halogenated alkanes) is 1. The fraction of sp³-hybridized carbons (Fsp3) is 1.00. The van der Waals surface area contributed by atoms with Crippen LogP contribution in [0, 0.1) is 0 Å². The highest BCUT2D eigenvalue weighted by Crippen LogP contribution is 2.41. The van der Waals surface area contributed by atoms with Gasteiger partial charge in [0.25, 0.3) is 0 Å². The number of hydrogen-bond acceptors (Lipinski definition) is 3. The van der Waals surface area contributed by atoms with E-state index in [1.807, 2.05) is 0 Å². The van der Waals surface area contributed by atoms with Gasteiger partial charge in [-0.3, -0.25) is 0 Å². The van der Waals surface area contributed by atoms with Gasteiger partial charge in [-0.25, -0.2) is 0 Å². The lowest BCUT2D eigenvalue weighted by molar-refractivity contribution is 0.163. The van der Waals surface area contributed by atoms with Crippen LogP contribution in [0.2, 0.25) is 11.6 Å². The van der Waals surface area contributed by atoms with Crippen LogP contribution >= 0.6 is 0 Å². The first-order valence-corrected chi connectivity index (χ1v) is 9.87. The molecule has 0 spiro atoms. The van der Waals surface area contributed by atoms with E-state index >= 15 is 0 Å². The largest absolute Gasteiger partial charge is 0.394 e. The van der Waals surface area contributed by atoms with Crippen LogP contribution < -0.4 is 5.73 Å². The van der Waals surface area contributed by atoms with Gasteiger partial charge >= 0.3 is 8.56 Å². The van der Waals surface area contributed by atoms with Crippen LogP contribution in [0.3, 0.4) is 0 Å². The zero-order valence-corrected chi connectivity index (χ0v) is 13.2. The molecule has 1 aliphatic carbocycles. The molecular weight excluding hydrogens is 242 g/mol. The minimum absolute atomic E-state index is 0.712. The Morgan fingerprint density at radius 1 is 1.00 bits per heavy atom. The molecular formula is C14H31NO2Si. The summed E-state index contributed by atoms with van der Waals surface area (Å²) in [7, 11) is -1.99. The summed E-state index contributed by atoms with van der Waals surface area (Å²) in [4.78, 5) is 0. The molecule has 0 atom stereocenters. The van der Waals surface area contributed by atoms with Crippen molar-refractivity contribution in [1.82, 2.24) is 0 Å². The van der Waals surface area contributed by atoms with Gasteiger partial charge in [-0.15, -0.1) is 0 Å². The van der Waals surface area contributed by atoms with Gasteiger partial charge in [-0.2, -0.15) is 0 Å². The van der Waals surface area contributed by atoms with E-state index in [9.17, 15) is 0 Å². The van der Waals surface area contributed by atoms with Gasteiger partial charge in [0, 0.05) is 18.8 Å². The van der Waals surface area contributed by atoms with E-state index in [0.29, 0.717) is 5.54 Å². The maximum Gasteiger partial charge on any atom is 0.341 e. The molecule has 0 radical (unpaired) electrons. The second-order valence-corrected chi connectivity index (χ2v) is 8.78. The molecule has 0 bridgehead atoms. The average molecular weight is 273 g/mol. The molecule has 0 saturated heterocycles. The quantitative estimate of drug-likeness (QED) is 0.516. The van der Waals surface area contributed by atoms with E-state index in [2.05, 4.69) is 13.8 Å². The molecule has 0 aliphatic heterocycles. The van der Waals surface area contributed by atoms with Crippen LogP contribution in [-0.4, -0.2) is 28.3 Å². The van der Waals surface area contributed by atoms with Crippen molar-refractivity contribution in [2.24, 2.45) is 5.73 Å². The summed E-state index contributed by atoms with van der Waals surface area (Å²) in [5.74, 6) is 0. The smallest absolute Gasteiger partial charge is 0.341 e. The Labute approximate surface area is 114 Å². The zero-order valence-electron chi connectivity index (χ0n) is 12.2. The topological polar surface area (TPSA) is 44.5 Å². The SMILES string of the molecule is CCO[Si](CCCCN)(OCC)C1CCCCC1. The third-order valence-corrected chi connectivity index (χ3v) is 8.41. The summed E-state index contributed by atoms with van der Waals surface area (Å²) < 4.78 is 12.5. The summed E-state index contributed by atoms with van der Waals surface area (Å²) >= 11 is 0. The van der Waals surface area contributed by atoms with E-state index in [4.69, 9.17) is 14.6 Å². The summed E-state index contributed by atoms with van der Waals surface area (Å²) in [6.07, 6.45) is 9.00. The molecule has 2 N–H and O–H groups in total. The normalized spacial score (nSPS) is 18.2. The molecule has 4 heteroatoms. The van der Waals surface area contributed by atoms with Crippen LogP contribution in [0.1, 0.15) is 58.8 Å².